The fraction of sp³-hybridized carbons (Fsp3) is 0.0870. The second kappa shape index (κ2) is 8.84. The largest absolute Gasteiger partial charge is 0.391 e. The Kier molecular flexibility index (Phi) is 5.81. The van der Waals surface area contributed by atoms with Crippen LogP contribution >= 0.6 is 15.9 Å². The lowest BCUT2D eigenvalue weighted by Gasteiger charge is -2.12. The van der Waals surface area contributed by atoms with Crippen LogP contribution in [0.25, 0.3) is 10.9 Å². The fourth-order valence-corrected chi connectivity index (χ4v) is 3.25. The normalized spacial score (nSPS) is 11.4. The van der Waals surface area contributed by atoms with Crippen LogP contribution in [0.4, 0.5) is 11.5 Å². The molecular weight excluding hydrogens is 428 g/mol. The number of fused-ring (bicyclic) bond motifs is 1. The van der Waals surface area contributed by atoms with Crippen LogP contribution in [0, 0.1) is 0 Å². The highest BCUT2D eigenvalue weighted by Gasteiger charge is 2.08. The molecule has 0 radical (unpaired) electrons. The zero-order valence-corrected chi connectivity index (χ0v) is 17.4. The second-order valence-electron chi connectivity index (χ2n) is 6.49. The van der Waals surface area contributed by atoms with Gasteiger partial charge in [0, 0.05) is 15.4 Å². The topological polar surface area (TPSA) is 59.4 Å². The van der Waals surface area contributed by atoms with Crippen molar-refractivity contribution in [3.8, 4) is 0 Å². The van der Waals surface area contributed by atoms with Crippen molar-refractivity contribution in [2.75, 3.05) is 5.32 Å². The minimum absolute atomic E-state index is 0.437. The molecule has 1 N–H and O–H groups in total. The number of aromatic nitrogens is 2. The molecule has 0 spiro atoms. The summed E-state index contributed by atoms with van der Waals surface area (Å²) in [5.74, 6) is 0.753. The number of halogens is 1. The summed E-state index contributed by atoms with van der Waals surface area (Å²) < 4.78 is 0.932. The SMILES string of the molecule is C/C(=N\OCc1ccccc1)c1ccc(Br)c(Nc2ncnc3ccccc23)c1. The van der Waals surface area contributed by atoms with E-state index in [4.69, 9.17) is 4.84 Å². The predicted octanol–water partition coefficient (Wildman–Crippen LogP) is 6.08. The summed E-state index contributed by atoms with van der Waals surface area (Å²) in [6, 6.07) is 23.9. The molecule has 0 aliphatic carbocycles. The smallest absolute Gasteiger partial charge is 0.142 e. The van der Waals surface area contributed by atoms with Crippen LogP contribution < -0.4 is 5.32 Å². The van der Waals surface area contributed by atoms with E-state index < -0.39 is 0 Å². The van der Waals surface area contributed by atoms with E-state index in [1.807, 2.05) is 79.7 Å². The van der Waals surface area contributed by atoms with Crippen molar-refractivity contribution in [1.82, 2.24) is 9.97 Å². The van der Waals surface area contributed by atoms with Gasteiger partial charge >= 0.3 is 0 Å². The quantitative estimate of drug-likeness (QED) is 0.288. The highest BCUT2D eigenvalue weighted by Crippen LogP contribution is 2.29. The Morgan fingerprint density at radius 2 is 1.79 bits per heavy atom. The van der Waals surface area contributed by atoms with Gasteiger partial charge in [0.25, 0.3) is 0 Å². The Morgan fingerprint density at radius 3 is 2.66 bits per heavy atom. The van der Waals surface area contributed by atoms with Gasteiger partial charge in [-0.3, -0.25) is 0 Å². The van der Waals surface area contributed by atoms with Gasteiger partial charge in [-0.05, 0) is 52.7 Å². The maximum absolute atomic E-state index is 5.52. The van der Waals surface area contributed by atoms with Crippen molar-refractivity contribution in [2.45, 2.75) is 13.5 Å². The summed E-state index contributed by atoms with van der Waals surface area (Å²) in [4.78, 5) is 14.2. The van der Waals surface area contributed by atoms with Crippen molar-refractivity contribution >= 4 is 44.0 Å². The summed E-state index contributed by atoms with van der Waals surface area (Å²) in [5.41, 5.74) is 4.62. The number of hydrogen-bond acceptors (Lipinski definition) is 5. The molecule has 0 aliphatic rings. The molecule has 29 heavy (non-hydrogen) atoms. The molecule has 0 amide bonds. The molecule has 1 aromatic heterocycles. The van der Waals surface area contributed by atoms with E-state index in [-0.39, 0.29) is 0 Å². The van der Waals surface area contributed by atoms with Gasteiger partial charge in [-0.15, -0.1) is 0 Å². The van der Waals surface area contributed by atoms with Gasteiger partial charge in [0.1, 0.15) is 18.8 Å². The summed E-state index contributed by atoms with van der Waals surface area (Å²) in [6.45, 7) is 2.37. The number of nitrogens with one attached hydrogen (secondary N) is 1. The van der Waals surface area contributed by atoms with Gasteiger partial charge in [0.2, 0.25) is 0 Å². The lowest BCUT2D eigenvalue weighted by Crippen LogP contribution is -2.01. The number of benzene rings is 3. The number of rotatable bonds is 6. The van der Waals surface area contributed by atoms with Crippen LogP contribution in [-0.2, 0) is 11.4 Å². The Hall–Kier alpha value is -3.25. The number of oxime groups is 1. The Bertz CT molecular complexity index is 1160. The molecule has 0 fully saturated rings. The zero-order valence-electron chi connectivity index (χ0n) is 15.8. The third kappa shape index (κ3) is 4.60. The van der Waals surface area contributed by atoms with Crippen LogP contribution in [0.1, 0.15) is 18.1 Å². The fourth-order valence-electron chi connectivity index (χ4n) is 2.91. The maximum Gasteiger partial charge on any atom is 0.142 e. The first-order valence-electron chi connectivity index (χ1n) is 9.18. The number of nitrogens with zero attached hydrogens (tertiary/aromatic N) is 3. The highest BCUT2D eigenvalue weighted by atomic mass is 79.9. The molecule has 1 heterocycles. The van der Waals surface area contributed by atoms with Gasteiger partial charge in [-0.25, -0.2) is 9.97 Å². The molecular formula is C23H19BrN4O. The van der Waals surface area contributed by atoms with E-state index in [1.54, 1.807) is 6.33 Å². The molecule has 6 heteroatoms. The van der Waals surface area contributed by atoms with E-state index in [0.717, 1.165) is 43.7 Å². The van der Waals surface area contributed by atoms with E-state index in [1.165, 1.54) is 0 Å². The van der Waals surface area contributed by atoms with Gasteiger partial charge in [-0.1, -0.05) is 53.7 Å². The monoisotopic (exact) mass is 446 g/mol. The molecule has 0 unspecified atom stereocenters. The molecule has 144 valence electrons. The van der Waals surface area contributed by atoms with Gasteiger partial charge in [-0.2, -0.15) is 0 Å². The van der Waals surface area contributed by atoms with Gasteiger partial charge < -0.3 is 10.2 Å². The predicted molar refractivity (Wildman–Crippen MR) is 120 cm³/mol. The summed E-state index contributed by atoms with van der Waals surface area (Å²) in [7, 11) is 0. The van der Waals surface area contributed by atoms with E-state index in [0.29, 0.717) is 6.61 Å². The standard InChI is InChI=1S/C23H19BrN4O/c1-16(28-29-14-17-7-3-2-4-8-17)18-11-12-20(24)22(13-18)27-23-19-9-5-6-10-21(19)25-15-26-23/h2-13,15H,14H2,1H3,(H,25,26,27)/b28-16+. The molecule has 3 aromatic carbocycles. The van der Waals surface area contributed by atoms with Crippen molar-refractivity contribution in [3.05, 3.63) is 94.7 Å². The zero-order chi connectivity index (χ0) is 20.1. The van der Waals surface area contributed by atoms with Crippen LogP contribution in [0.5, 0.6) is 0 Å². The van der Waals surface area contributed by atoms with Gasteiger partial charge in [0.05, 0.1) is 16.9 Å². The first-order chi connectivity index (χ1) is 14.2. The van der Waals surface area contributed by atoms with Crippen molar-refractivity contribution in [2.24, 2.45) is 5.16 Å². The van der Waals surface area contributed by atoms with E-state index in [9.17, 15) is 0 Å². The number of para-hydroxylation sites is 1. The van der Waals surface area contributed by atoms with Crippen molar-refractivity contribution < 1.29 is 4.84 Å². The van der Waals surface area contributed by atoms with Crippen LogP contribution in [-0.4, -0.2) is 15.7 Å². The Labute approximate surface area is 177 Å². The van der Waals surface area contributed by atoms with Crippen LogP contribution in [0.2, 0.25) is 0 Å². The number of hydrogen-bond donors (Lipinski definition) is 1. The summed E-state index contributed by atoms with van der Waals surface area (Å²) >= 11 is 3.61. The Balaban J connectivity index is 1.55. The molecule has 5 nitrogen and oxygen atoms in total. The maximum atomic E-state index is 5.52. The van der Waals surface area contributed by atoms with Crippen LogP contribution in [0.3, 0.4) is 0 Å². The molecule has 4 rings (SSSR count). The molecule has 0 bridgehead atoms. The van der Waals surface area contributed by atoms with Crippen LogP contribution in [0.15, 0.2) is 88.8 Å². The highest BCUT2D eigenvalue weighted by molar-refractivity contribution is 9.10. The Morgan fingerprint density at radius 1 is 1.00 bits per heavy atom. The van der Waals surface area contributed by atoms with E-state index >= 15 is 0 Å². The lowest BCUT2D eigenvalue weighted by atomic mass is 10.1. The summed E-state index contributed by atoms with van der Waals surface area (Å²) in [6.07, 6.45) is 1.56. The van der Waals surface area contributed by atoms with E-state index in [2.05, 4.69) is 36.4 Å². The average molecular weight is 447 g/mol. The minimum atomic E-state index is 0.437. The first kappa shape index (κ1) is 19.1. The average Bonchev–Trinajstić information content (AvgIpc) is 2.76. The van der Waals surface area contributed by atoms with Crippen molar-refractivity contribution in [1.29, 1.82) is 0 Å². The van der Waals surface area contributed by atoms with Crippen molar-refractivity contribution in [3.63, 3.8) is 0 Å². The third-order valence-electron chi connectivity index (χ3n) is 4.46. The third-order valence-corrected chi connectivity index (χ3v) is 5.15. The molecule has 0 atom stereocenters. The first-order valence-corrected chi connectivity index (χ1v) is 9.97. The minimum Gasteiger partial charge on any atom is -0.391 e. The molecule has 0 saturated carbocycles. The molecule has 4 aromatic rings. The summed E-state index contributed by atoms with van der Waals surface area (Å²) in [5, 5.41) is 8.63. The molecule has 0 aliphatic heterocycles. The molecule has 0 saturated heterocycles. The number of anilines is 2. The van der Waals surface area contributed by atoms with Gasteiger partial charge in [0.15, 0.2) is 0 Å². The second-order valence-corrected chi connectivity index (χ2v) is 7.35. The lowest BCUT2D eigenvalue weighted by molar-refractivity contribution is 0.130.